The van der Waals surface area contributed by atoms with Gasteiger partial charge in [-0.25, -0.2) is 14.1 Å². The molecule has 0 unspecified atom stereocenters. The molecule has 5 rings (SSSR count). The van der Waals surface area contributed by atoms with E-state index in [1.54, 1.807) is 39.4 Å². The van der Waals surface area contributed by atoms with E-state index >= 15 is 0 Å². The van der Waals surface area contributed by atoms with E-state index in [1.807, 2.05) is 0 Å². The van der Waals surface area contributed by atoms with Crippen LogP contribution in [0.3, 0.4) is 0 Å². The molecule has 1 atom stereocenters. The third kappa shape index (κ3) is 3.19. The number of benzene rings is 1. The average molecular weight is 425 g/mol. The molecule has 2 aliphatic rings. The lowest BCUT2D eigenvalue weighted by atomic mass is 10.1. The smallest absolute Gasteiger partial charge is 0.275 e. The Morgan fingerprint density at radius 1 is 1.20 bits per heavy atom. The highest BCUT2D eigenvalue weighted by molar-refractivity contribution is 7.13. The molecule has 1 saturated heterocycles. The van der Waals surface area contributed by atoms with Gasteiger partial charge in [0.1, 0.15) is 17.5 Å². The van der Waals surface area contributed by atoms with Gasteiger partial charge in [-0.05, 0) is 44.2 Å². The lowest BCUT2D eigenvalue weighted by Gasteiger charge is -2.23. The average Bonchev–Trinajstić information content (AvgIpc) is 3.51. The molecule has 0 spiro atoms. The highest BCUT2D eigenvalue weighted by Crippen LogP contribution is 2.31. The number of hydrogen-bond donors (Lipinski definition) is 1. The predicted molar refractivity (Wildman–Crippen MR) is 110 cm³/mol. The van der Waals surface area contributed by atoms with Crippen LogP contribution in [0.25, 0.3) is 5.69 Å². The molecule has 3 aromatic rings. The SMILES string of the molecule is O=C(Nc1nccs1)[C@H]1CCCN1C(=O)c1nn(-c2ccccc2F)c2c1CCC2. The van der Waals surface area contributed by atoms with E-state index < -0.39 is 6.04 Å². The third-order valence-corrected chi connectivity index (χ3v) is 6.38. The lowest BCUT2D eigenvalue weighted by molar-refractivity contribution is -0.119. The predicted octanol–water partition coefficient (Wildman–Crippen LogP) is 3.20. The number of amides is 2. The molecule has 154 valence electrons. The first kappa shape index (κ1) is 18.9. The van der Waals surface area contributed by atoms with E-state index in [4.69, 9.17) is 0 Å². The summed E-state index contributed by atoms with van der Waals surface area (Å²) in [5.41, 5.74) is 2.43. The van der Waals surface area contributed by atoms with Crippen molar-refractivity contribution >= 4 is 28.3 Å². The third-order valence-electron chi connectivity index (χ3n) is 5.69. The van der Waals surface area contributed by atoms with Crippen LogP contribution in [-0.2, 0) is 17.6 Å². The molecule has 9 heteroatoms. The van der Waals surface area contributed by atoms with E-state index in [-0.39, 0.29) is 17.6 Å². The molecule has 7 nitrogen and oxygen atoms in total. The molecule has 2 amide bonds. The number of rotatable bonds is 4. The summed E-state index contributed by atoms with van der Waals surface area (Å²) in [5.74, 6) is -0.878. The molecule has 0 radical (unpaired) electrons. The molecule has 1 aliphatic heterocycles. The molecule has 0 bridgehead atoms. The number of thiazole rings is 1. The minimum absolute atomic E-state index is 0.235. The summed E-state index contributed by atoms with van der Waals surface area (Å²) < 4.78 is 16.0. The van der Waals surface area contributed by atoms with Crippen LogP contribution in [0.1, 0.15) is 41.0 Å². The Kier molecular flexibility index (Phi) is 4.82. The zero-order valence-electron chi connectivity index (χ0n) is 16.2. The normalized spacial score (nSPS) is 17.9. The second-order valence-corrected chi connectivity index (χ2v) is 8.37. The Labute approximate surface area is 176 Å². The van der Waals surface area contributed by atoms with Crippen molar-refractivity contribution in [2.45, 2.75) is 38.1 Å². The van der Waals surface area contributed by atoms with E-state index in [0.717, 1.165) is 36.9 Å². The maximum absolute atomic E-state index is 14.4. The van der Waals surface area contributed by atoms with Gasteiger partial charge in [0.2, 0.25) is 5.91 Å². The van der Waals surface area contributed by atoms with Crippen LogP contribution in [0.4, 0.5) is 9.52 Å². The van der Waals surface area contributed by atoms with Crippen molar-refractivity contribution in [3.05, 3.63) is 58.6 Å². The monoisotopic (exact) mass is 425 g/mol. The number of carbonyl (C=O) groups is 2. The van der Waals surface area contributed by atoms with Crippen LogP contribution in [0.15, 0.2) is 35.8 Å². The number of nitrogens with zero attached hydrogens (tertiary/aromatic N) is 4. The van der Waals surface area contributed by atoms with E-state index in [9.17, 15) is 14.0 Å². The molecule has 0 saturated carbocycles. The minimum atomic E-state index is -0.558. The highest BCUT2D eigenvalue weighted by Gasteiger charge is 2.38. The fourth-order valence-electron chi connectivity index (χ4n) is 4.32. The van der Waals surface area contributed by atoms with Crippen molar-refractivity contribution in [2.75, 3.05) is 11.9 Å². The molecule has 1 fully saturated rings. The summed E-state index contributed by atoms with van der Waals surface area (Å²) in [5, 5.41) is 9.61. The van der Waals surface area contributed by atoms with E-state index in [0.29, 0.717) is 29.5 Å². The van der Waals surface area contributed by atoms with Crippen molar-refractivity contribution in [2.24, 2.45) is 0 Å². The number of anilines is 1. The van der Waals surface area contributed by atoms with Gasteiger partial charge in [0.15, 0.2) is 10.8 Å². The summed E-state index contributed by atoms with van der Waals surface area (Å²) in [4.78, 5) is 31.8. The highest BCUT2D eigenvalue weighted by atomic mass is 32.1. The van der Waals surface area contributed by atoms with Crippen molar-refractivity contribution < 1.29 is 14.0 Å². The lowest BCUT2D eigenvalue weighted by Crippen LogP contribution is -2.43. The summed E-state index contributed by atoms with van der Waals surface area (Å²) in [6, 6.07) is 5.87. The van der Waals surface area contributed by atoms with Gasteiger partial charge in [-0.3, -0.25) is 9.59 Å². The van der Waals surface area contributed by atoms with Crippen molar-refractivity contribution in [3.8, 4) is 5.69 Å². The Morgan fingerprint density at radius 3 is 2.87 bits per heavy atom. The molecule has 2 aromatic heterocycles. The van der Waals surface area contributed by atoms with Crippen LogP contribution in [0.2, 0.25) is 0 Å². The molecular weight excluding hydrogens is 405 g/mol. The van der Waals surface area contributed by atoms with Crippen molar-refractivity contribution in [3.63, 3.8) is 0 Å². The first-order valence-electron chi connectivity index (χ1n) is 10.0. The summed E-state index contributed by atoms with van der Waals surface area (Å²) >= 11 is 1.34. The maximum Gasteiger partial charge on any atom is 0.275 e. The summed E-state index contributed by atoms with van der Waals surface area (Å²) in [6.07, 6.45) is 5.34. The van der Waals surface area contributed by atoms with Gasteiger partial charge in [0.05, 0.1) is 0 Å². The fraction of sp³-hybridized carbons (Fsp3) is 0.333. The first-order valence-corrected chi connectivity index (χ1v) is 10.9. The van der Waals surface area contributed by atoms with Gasteiger partial charge in [0, 0.05) is 29.4 Å². The Bertz CT molecular complexity index is 1110. The number of nitrogens with one attached hydrogen (secondary N) is 1. The Balaban J connectivity index is 1.45. The fourth-order valence-corrected chi connectivity index (χ4v) is 4.86. The molecule has 30 heavy (non-hydrogen) atoms. The molecular formula is C21H20FN5O2S. The van der Waals surface area contributed by atoms with Crippen molar-refractivity contribution in [1.29, 1.82) is 0 Å². The number of para-hydroxylation sites is 1. The molecule has 1 aromatic carbocycles. The standard InChI is InChI=1S/C21H20FN5O2S/c22-14-6-1-2-7-16(14)27-15-8-3-5-13(15)18(25-27)20(29)26-11-4-9-17(26)19(28)24-21-23-10-12-30-21/h1-2,6-7,10,12,17H,3-5,8-9,11H2,(H,23,24,28)/t17-/m1/s1. The molecule has 1 N–H and O–H groups in total. The van der Waals surface area contributed by atoms with Crippen LogP contribution < -0.4 is 5.32 Å². The number of fused-ring (bicyclic) bond motifs is 1. The largest absolute Gasteiger partial charge is 0.325 e. The molecule has 1 aliphatic carbocycles. The number of carbonyl (C=O) groups excluding carboxylic acids is 2. The first-order chi connectivity index (χ1) is 14.6. The van der Waals surface area contributed by atoms with E-state index in [1.165, 1.54) is 17.4 Å². The van der Waals surface area contributed by atoms with Crippen LogP contribution in [-0.4, -0.2) is 44.1 Å². The van der Waals surface area contributed by atoms with Crippen LogP contribution in [0, 0.1) is 5.82 Å². The van der Waals surface area contributed by atoms with Gasteiger partial charge in [0.25, 0.3) is 5.91 Å². The topological polar surface area (TPSA) is 80.1 Å². The number of likely N-dealkylation sites (tertiary alicyclic amines) is 1. The number of aromatic nitrogens is 3. The number of hydrogen-bond acceptors (Lipinski definition) is 5. The van der Waals surface area contributed by atoms with Crippen molar-refractivity contribution in [1.82, 2.24) is 19.7 Å². The van der Waals surface area contributed by atoms with Crippen LogP contribution in [0.5, 0.6) is 0 Å². The summed E-state index contributed by atoms with van der Waals surface area (Å²) in [6.45, 7) is 0.496. The van der Waals surface area contributed by atoms with Gasteiger partial charge >= 0.3 is 0 Å². The Hall–Kier alpha value is -3.07. The van der Waals surface area contributed by atoms with E-state index in [2.05, 4.69) is 15.4 Å². The minimum Gasteiger partial charge on any atom is -0.325 e. The van der Waals surface area contributed by atoms with Gasteiger partial charge in [-0.1, -0.05) is 12.1 Å². The maximum atomic E-state index is 14.4. The number of halogens is 1. The van der Waals surface area contributed by atoms with Crippen LogP contribution >= 0.6 is 11.3 Å². The zero-order chi connectivity index (χ0) is 20.7. The molecule has 3 heterocycles. The zero-order valence-corrected chi connectivity index (χ0v) is 17.0. The summed E-state index contributed by atoms with van der Waals surface area (Å²) in [7, 11) is 0. The van der Waals surface area contributed by atoms with Gasteiger partial charge in [-0.15, -0.1) is 11.3 Å². The second-order valence-electron chi connectivity index (χ2n) is 7.47. The van der Waals surface area contributed by atoms with Gasteiger partial charge < -0.3 is 10.2 Å². The Morgan fingerprint density at radius 2 is 2.07 bits per heavy atom. The second kappa shape index (κ2) is 7.64. The van der Waals surface area contributed by atoms with Gasteiger partial charge in [-0.2, -0.15) is 5.10 Å². The quantitative estimate of drug-likeness (QED) is 0.696.